The normalized spacial score (nSPS) is 29.9. The van der Waals surface area contributed by atoms with Crippen LogP contribution in [-0.4, -0.2) is 137 Å². The number of carboxylic acids is 4. The van der Waals surface area contributed by atoms with Crippen LogP contribution in [-0.2, 0) is 152 Å². The molecule has 16 atom stereocenters. The summed E-state index contributed by atoms with van der Waals surface area (Å²) in [5, 5.41) is 114. The Balaban J connectivity index is 0.000000206. The van der Waals surface area contributed by atoms with Gasteiger partial charge in [0, 0.05) is 54.7 Å². The predicted octanol–water partition coefficient (Wildman–Crippen LogP) is 22.6. The number of carbonyl (C=O) groups is 8. The number of fused-ring (bicyclic) bond motifs is 16. The van der Waals surface area contributed by atoms with Gasteiger partial charge in [-0.2, -0.15) is 0 Å². The smallest absolute Gasteiger partial charge is 0.309 e. The van der Waals surface area contributed by atoms with Crippen molar-refractivity contribution < 1.29 is 130 Å². The van der Waals surface area contributed by atoms with E-state index in [0.29, 0.717) is 23.0 Å². The van der Waals surface area contributed by atoms with Crippen molar-refractivity contribution in [3.8, 4) is 46.0 Å². The zero-order chi connectivity index (χ0) is 99.2. The number of phenolic OH excluding ortho intramolecular Hbond substituents is 8. The zero-order valence-electron chi connectivity index (χ0n) is 81.0. The summed E-state index contributed by atoms with van der Waals surface area (Å²) in [6, 6.07) is 44.1. The Morgan fingerprint density at radius 2 is 0.333 bits per heavy atom. The lowest BCUT2D eigenvalue weighted by atomic mass is 9.52. The molecular formula is C117H156O24. The number of rotatable bonds is 8. The van der Waals surface area contributed by atoms with Gasteiger partial charge in [0.15, 0.2) is 0 Å². The number of esters is 4. The Labute approximate surface area is 837 Å². The molecule has 0 radical (unpaired) electrons. The van der Waals surface area contributed by atoms with Gasteiger partial charge >= 0.3 is 47.8 Å². The second-order valence-corrected chi connectivity index (χ2v) is 43.0. The molecule has 0 saturated heterocycles. The Kier molecular flexibility index (Phi) is 29.7. The summed E-state index contributed by atoms with van der Waals surface area (Å²) in [5.41, 5.74) is 18.0. The molecule has 8 saturated carbocycles. The van der Waals surface area contributed by atoms with Gasteiger partial charge in [0.05, 0.1) is 75.8 Å². The van der Waals surface area contributed by atoms with Crippen molar-refractivity contribution in [1.29, 1.82) is 0 Å². The van der Waals surface area contributed by atoms with Gasteiger partial charge in [0.2, 0.25) is 0 Å². The Morgan fingerprint density at radius 3 is 0.433 bits per heavy atom. The molecule has 12 N–H and O–H groups in total. The second-order valence-electron chi connectivity index (χ2n) is 43.0. The molecule has 8 aromatic rings. The summed E-state index contributed by atoms with van der Waals surface area (Å²) < 4.78 is 19.7. The number of aryl methyl sites for hydroxylation is 8. The van der Waals surface area contributed by atoms with Crippen LogP contribution in [0.25, 0.3) is 0 Å². The Bertz CT molecular complexity index is 5390. The fraction of sp³-hybridized carbons (Fsp3) is 0.521. The predicted molar refractivity (Wildman–Crippen MR) is 546 cm³/mol. The van der Waals surface area contributed by atoms with Gasteiger partial charge in [-0.1, -0.05) is 56.0 Å². The number of phenols is 8. The SMILES string of the molecule is C.COC(=O)[C@@H]1CC[C@@]12CCCc1ccc(O)cc12.COC(=O)[C@@H]1CC[C@]12CCCc1ccc(O)cc12.COC(=O)[C@H]1CC[C@@]12CCCc1ccc(O)cc12.COC(=O)[C@H]1CC[C@]12CCCc1ccc(O)cc12.O=C(O)[C@@H]1CC[C@@]12CCCc1ccc(O)cc12.O=C(O)[C@@H]1CC[C@]12CCCc1ccc(O)cc12.O=C(O)[C@H]1CC[C@@]12CCCc1ccc(O)cc12.O=C(O)[C@H]1CC[C@]12CCCc1ccc(O)cc12.[HH].[HH].[HH].[HH].[HH].[HH].[HH].[HH]. The Hall–Kier alpha value is -12.1. The number of hydrogen-bond acceptors (Lipinski definition) is 20. The number of ether oxygens (including phenoxy) is 4. The number of aliphatic carboxylic acids is 4. The first-order valence-electron chi connectivity index (χ1n) is 51.0. The highest BCUT2D eigenvalue weighted by molar-refractivity contribution is 5.81. The van der Waals surface area contributed by atoms with Gasteiger partial charge in [0.25, 0.3) is 0 Å². The molecule has 0 aromatic heterocycles. The molecule has 8 spiro atoms. The summed E-state index contributed by atoms with van der Waals surface area (Å²) in [6.07, 6.45) is 39.4. The highest BCUT2D eigenvalue weighted by atomic mass is 16.5. The lowest BCUT2D eigenvalue weighted by Crippen LogP contribution is -2.50. The van der Waals surface area contributed by atoms with Crippen LogP contribution < -0.4 is 0 Å². The quantitative estimate of drug-likeness (QED) is 0.0496. The topological polar surface area (TPSA) is 416 Å². The zero-order valence-corrected chi connectivity index (χ0v) is 81.0. The minimum Gasteiger partial charge on any atom is -0.508 e. The summed E-state index contributed by atoms with van der Waals surface area (Å²) in [5.74, 6) is -2.10. The van der Waals surface area contributed by atoms with Crippen LogP contribution in [0.15, 0.2) is 146 Å². The van der Waals surface area contributed by atoms with Gasteiger partial charge < -0.3 is 80.2 Å². The molecule has 8 fully saturated rings. The standard InChI is InChI=1S/4C15H18O3.4C14H16O3.CH4.8H2/c4*1-18-14(17)12-6-8-15(12)7-2-3-10-4-5-11(16)9-13(10)15;4*15-10-4-3-9-2-1-6-14(12(9)8-10)7-5-11(14)13(16)17;;;;;;;;;/h4*4-5,9,12,16H,2-3,6-8H2,1H3;4*3-4,8,11,15H,1-2,5-7H2,(H,16,17);1H4;8*1H/t2*12-,15+;2*12-,15-;2*11-,14+;2*11-,14-;;;;;;;;;/m10101010........./s1. The molecule has 0 aliphatic heterocycles. The molecule has 8 aromatic carbocycles. The molecule has 141 heavy (non-hydrogen) atoms. The molecule has 0 amide bonds. The van der Waals surface area contributed by atoms with E-state index in [1.54, 1.807) is 72.8 Å². The molecule has 0 heterocycles. The fourth-order valence-electron chi connectivity index (χ4n) is 29.3. The van der Waals surface area contributed by atoms with Gasteiger partial charge in [0.1, 0.15) is 46.0 Å². The van der Waals surface area contributed by atoms with Crippen LogP contribution >= 0.6 is 0 Å². The first-order valence-corrected chi connectivity index (χ1v) is 51.0. The molecule has 24 rings (SSSR count). The number of aromatic hydroxyl groups is 8. The number of methoxy groups -OCH3 is 4. The molecule has 768 valence electrons. The van der Waals surface area contributed by atoms with Gasteiger partial charge in [-0.3, -0.25) is 38.4 Å². The minimum atomic E-state index is -0.688. The van der Waals surface area contributed by atoms with Crippen LogP contribution in [0.5, 0.6) is 46.0 Å². The van der Waals surface area contributed by atoms with E-state index < -0.39 is 23.9 Å². The average molecular weight is 1950 g/mol. The molecular weight excluding hydrogens is 1790 g/mol. The summed E-state index contributed by atoms with van der Waals surface area (Å²) in [4.78, 5) is 92.7. The van der Waals surface area contributed by atoms with E-state index in [-0.39, 0.29) is 156 Å². The first kappa shape index (κ1) is 102. The lowest BCUT2D eigenvalue weighted by molar-refractivity contribution is -0.154. The van der Waals surface area contributed by atoms with E-state index in [2.05, 4.69) is 0 Å². The molecule has 24 nitrogen and oxygen atoms in total. The molecule has 16 aliphatic rings. The van der Waals surface area contributed by atoms with E-state index in [9.17, 15) is 99.6 Å². The largest absolute Gasteiger partial charge is 0.508 e. The Morgan fingerprint density at radius 1 is 0.213 bits per heavy atom. The van der Waals surface area contributed by atoms with E-state index in [0.717, 1.165) is 279 Å². The van der Waals surface area contributed by atoms with Crippen LogP contribution in [0, 0.1) is 47.3 Å². The number of carboxylic acid groups (broad SMARTS) is 4. The highest BCUT2D eigenvalue weighted by Crippen LogP contribution is 2.64. The molecule has 0 bridgehead atoms. The fourth-order valence-corrected chi connectivity index (χ4v) is 29.3. The van der Waals surface area contributed by atoms with E-state index in [1.807, 2.05) is 72.8 Å². The summed E-state index contributed by atoms with van der Waals surface area (Å²) >= 11 is 0. The maximum Gasteiger partial charge on any atom is 0.309 e. The van der Waals surface area contributed by atoms with Gasteiger partial charge in [-0.05, 0) is 443 Å². The highest BCUT2D eigenvalue weighted by Gasteiger charge is 2.61. The van der Waals surface area contributed by atoms with Crippen molar-refractivity contribution in [3.63, 3.8) is 0 Å². The maximum absolute atomic E-state index is 11.9. The molecule has 0 unspecified atom stereocenters. The average Bonchev–Trinajstić information content (AvgIpc) is 0.669. The minimum absolute atomic E-state index is 0. The number of benzene rings is 8. The van der Waals surface area contributed by atoms with Crippen LogP contribution in [0.2, 0.25) is 0 Å². The molecule has 16 aliphatic carbocycles. The van der Waals surface area contributed by atoms with E-state index in [1.165, 1.54) is 95.2 Å². The van der Waals surface area contributed by atoms with Crippen molar-refractivity contribution in [2.45, 2.75) is 308 Å². The van der Waals surface area contributed by atoms with Crippen LogP contribution in [0.1, 0.15) is 313 Å². The van der Waals surface area contributed by atoms with Crippen molar-refractivity contribution in [1.82, 2.24) is 0 Å². The first-order chi connectivity index (χ1) is 67.2. The third-order valence-electron chi connectivity index (χ3n) is 37.1. The second kappa shape index (κ2) is 41.1. The summed E-state index contributed by atoms with van der Waals surface area (Å²) in [6.45, 7) is 0. The number of hydrogen-bond donors (Lipinski definition) is 12. The lowest BCUT2D eigenvalue weighted by Gasteiger charge is -2.51. The van der Waals surface area contributed by atoms with Crippen LogP contribution in [0.4, 0.5) is 0 Å². The summed E-state index contributed by atoms with van der Waals surface area (Å²) in [7, 11) is 5.84. The van der Waals surface area contributed by atoms with E-state index in [4.69, 9.17) is 18.9 Å². The van der Waals surface area contributed by atoms with Crippen molar-refractivity contribution in [2.75, 3.05) is 28.4 Å². The van der Waals surface area contributed by atoms with Crippen molar-refractivity contribution >= 4 is 47.8 Å². The van der Waals surface area contributed by atoms with E-state index >= 15 is 0 Å². The third kappa shape index (κ3) is 18.4. The maximum atomic E-state index is 11.9. The number of carbonyl (C=O) groups excluding carboxylic acids is 4. The van der Waals surface area contributed by atoms with Gasteiger partial charge in [-0.25, -0.2) is 0 Å². The van der Waals surface area contributed by atoms with Crippen molar-refractivity contribution in [2.24, 2.45) is 47.3 Å². The van der Waals surface area contributed by atoms with Crippen LogP contribution in [0.3, 0.4) is 0 Å². The third-order valence-corrected chi connectivity index (χ3v) is 37.1. The van der Waals surface area contributed by atoms with Crippen molar-refractivity contribution in [3.05, 3.63) is 235 Å². The molecule has 24 heteroatoms. The monoisotopic (exact) mass is 1950 g/mol. The van der Waals surface area contributed by atoms with Gasteiger partial charge in [-0.15, -0.1) is 0 Å².